The van der Waals surface area contributed by atoms with E-state index in [4.69, 9.17) is 20.6 Å². The Morgan fingerprint density at radius 2 is 1.70 bits per heavy atom. The van der Waals surface area contributed by atoms with Gasteiger partial charge in [0.15, 0.2) is 12.4 Å². The molecule has 0 aromatic heterocycles. The van der Waals surface area contributed by atoms with Gasteiger partial charge in [0.25, 0.3) is 0 Å². The molecule has 1 aromatic rings. The number of carbonyl (C=O) groups is 1. The molecule has 0 radical (unpaired) electrons. The predicted octanol–water partition coefficient (Wildman–Crippen LogP) is 5.99. The maximum absolute atomic E-state index is 12.7. The van der Waals surface area contributed by atoms with E-state index in [2.05, 4.69) is 12.8 Å². The van der Waals surface area contributed by atoms with Crippen LogP contribution in [0.3, 0.4) is 0 Å². The van der Waals surface area contributed by atoms with Gasteiger partial charge in [-0.1, -0.05) is 38.5 Å². The van der Waals surface area contributed by atoms with Crippen molar-refractivity contribution in [2.75, 3.05) is 13.9 Å². The summed E-state index contributed by atoms with van der Waals surface area (Å²) in [5.74, 6) is 5.60. The van der Waals surface area contributed by atoms with Crippen molar-refractivity contribution in [3.63, 3.8) is 0 Å². The highest BCUT2D eigenvalue weighted by atomic mass is 16.7. The second-order valence-electron chi connectivity index (χ2n) is 9.01. The first-order chi connectivity index (χ1) is 14.6. The van der Waals surface area contributed by atoms with Crippen LogP contribution in [0.2, 0.25) is 0 Å². The van der Waals surface area contributed by atoms with E-state index in [-0.39, 0.29) is 12.8 Å². The summed E-state index contributed by atoms with van der Waals surface area (Å²) in [5, 5.41) is 0. The molecule has 4 nitrogen and oxygen atoms in total. The molecular weight excluding hydrogens is 376 g/mol. The van der Waals surface area contributed by atoms with E-state index in [0.29, 0.717) is 11.3 Å². The molecule has 164 valence electrons. The summed E-state index contributed by atoms with van der Waals surface area (Å²) in [6, 6.07) is 6.89. The van der Waals surface area contributed by atoms with E-state index < -0.39 is 5.60 Å². The topological polar surface area (TPSA) is 44.8 Å². The van der Waals surface area contributed by atoms with E-state index in [1.54, 1.807) is 31.4 Å². The zero-order chi connectivity index (χ0) is 21.4. The van der Waals surface area contributed by atoms with Crippen molar-refractivity contribution in [3.05, 3.63) is 29.8 Å². The van der Waals surface area contributed by atoms with E-state index >= 15 is 0 Å². The minimum atomic E-state index is -0.766. The predicted molar refractivity (Wildman–Crippen MR) is 118 cm³/mol. The van der Waals surface area contributed by atoms with Gasteiger partial charge in [-0.25, -0.2) is 4.79 Å². The first-order valence-electron chi connectivity index (χ1n) is 11.5. The van der Waals surface area contributed by atoms with E-state index in [9.17, 15) is 4.79 Å². The average molecular weight is 413 g/mol. The number of hydrogen-bond donors (Lipinski definition) is 0. The Morgan fingerprint density at radius 3 is 2.27 bits per heavy atom. The SMILES string of the molecule is C#CC1(OC(=O)c2ccc(OCOC)cc2)CCC(C2CCC(CCC)CC2)CC1. The van der Waals surface area contributed by atoms with Crippen molar-refractivity contribution in [1.82, 2.24) is 0 Å². The van der Waals surface area contributed by atoms with Gasteiger partial charge in [-0.05, 0) is 80.5 Å². The fourth-order valence-corrected chi connectivity index (χ4v) is 5.26. The van der Waals surface area contributed by atoms with Crippen molar-refractivity contribution in [2.24, 2.45) is 17.8 Å². The fourth-order valence-electron chi connectivity index (χ4n) is 5.26. The molecular formula is C26H36O4. The van der Waals surface area contributed by atoms with Crippen molar-refractivity contribution < 1.29 is 19.0 Å². The molecule has 0 saturated heterocycles. The Bertz CT molecular complexity index is 702. The van der Waals surface area contributed by atoms with Crippen LogP contribution in [0.5, 0.6) is 5.75 Å². The van der Waals surface area contributed by atoms with Crippen LogP contribution >= 0.6 is 0 Å². The summed E-state index contributed by atoms with van der Waals surface area (Å²) in [7, 11) is 1.57. The first-order valence-corrected chi connectivity index (χ1v) is 11.5. The summed E-state index contributed by atoms with van der Waals surface area (Å²) in [5.41, 5.74) is -0.274. The van der Waals surface area contributed by atoms with Crippen LogP contribution in [0.15, 0.2) is 24.3 Å². The van der Waals surface area contributed by atoms with Gasteiger partial charge in [0, 0.05) is 7.11 Å². The van der Waals surface area contributed by atoms with Gasteiger partial charge in [-0.2, -0.15) is 0 Å². The molecule has 0 amide bonds. The lowest BCUT2D eigenvalue weighted by Gasteiger charge is -2.41. The van der Waals surface area contributed by atoms with Gasteiger partial charge in [0.05, 0.1) is 5.56 Å². The van der Waals surface area contributed by atoms with E-state index in [1.807, 2.05) is 0 Å². The Balaban J connectivity index is 1.51. The van der Waals surface area contributed by atoms with Crippen molar-refractivity contribution in [1.29, 1.82) is 0 Å². The number of methoxy groups -OCH3 is 1. The molecule has 0 aliphatic heterocycles. The molecule has 0 spiro atoms. The van der Waals surface area contributed by atoms with Gasteiger partial charge in [0.2, 0.25) is 0 Å². The number of hydrogen-bond acceptors (Lipinski definition) is 4. The third-order valence-electron chi connectivity index (χ3n) is 7.08. The Labute approximate surface area is 181 Å². The molecule has 0 N–H and O–H groups in total. The summed E-state index contributed by atoms with van der Waals surface area (Å²) in [6.07, 6.45) is 17.7. The molecule has 30 heavy (non-hydrogen) atoms. The zero-order valence-corrected chi connectivity index (χ0v) is 18.5. The molecule has 0 atom stereocenters. The number of rotatable bonds is 8. The highest BCUT2D eigenvalue weighted by Gasteiger charge is 2.40. The molecule has 0 unspecified atom stereocenters. The molecule has 2 aliphatic carbocycles. The Kier molecular flexibility index (Phi) is 8.22. The summed E-state index contributed by atoms with van der Waals surface area (Å²) >= 11 is 0. The van der Waals surface area contributed by atoms with Gasteiger partial charge >= 0.3 is 5.97 Å². The average Bonchev–Trinajstić information content (AvgIpc) is 2.79. The second-order valence-corrected chi connectivity index (χ2v) is 9.01. The Morgan fingerprint density at radius 1 is 1.07 bits per heavy atom. The van der Waals surface area contributed by atoms with Gasteiger partial charge in [-0.15, -0.1) is 6.42 Å². The molecule has 4 heteroatoms. The monoisotopic (exact) mass is 412 g/mol. The van der Waals surface area contributed by atoms with Gasteiger partial charge in [-0.3, -0.25) is 0 Å². The minimum Gasteiger partial charge on any atom is -0.468 e. The van der Waals surface area contributed by atoms with E-state index in [1.165, 1.54) is 38.5 Å². The standard InChI is InChI=1S/C26H36O4/c1-4-6-20-7-9-21(10-8-20)22-15-17-26(5-2,18-16-22)30-25(27)23-11-13-24(14-12-23)29-19-28-3/h2,11-14,20-22H,4,6-10,15-19H2,1,3H3. The lowest BCUT2D eigenvalue weighted by atomic mass is 9.68. The van der Waals surface area contributed by atoms with Crippen molar-refractivity contribution in [2.45, 2.75) is 76.7 Å². The Hall–Kier alpha value is -1.99. The van der Waals surface area contributed by atoms with Crippen LogP contribution in [0.4, 0.5) is 0 Å². The molecule has 2 saturated carbocycles. The lowest BCUT2D eigenvalue weighted by Crippen LogP contribution is -2.39. The maximum Gasteiger partial charge on any atom is 0.339 e. The number of carbonyl (C=O) groups excluding carboxylic acids is 1. The number of esters is 1. The zero-order valence-electron chi connectivity index (χ0n) is 18.5. The van der Waals surface area contributed by atoms with Crippen LogP contribution in [-0.2, 0) is 9.47 Å². The van der Waals surface area contributed by atoms with Crippen LogP contribution in [0.25, 0.3) is 0 Å². The quantitative estimate of drug-likeness (QED) is 0.299. The molecule has 2 aliphatic rings. The van der Waals surface area contributed by atoms with Crippen molar-refractivity contribution >= 4 is 5.97 Å². The number of ether oxygens (including phenoxy) is 3. The molecule has 1 aromatic carbocycles. The lowest BCUT2D eigenvalue weighted by molar-refractivity contribution is -0.0195. The van der Waals surface area contributed by atoms with Crippen molar-refractivity contribution in [3.8, 4) is 18.1 Å². The smallest absolute Gasteiger partial charge is 0.339 e. The second kappa shape index (κ2) is 10.9. The minimum absolute atomic E-state index is 0.172. The third kappa shape index (κ3) is 5.79. The summed E-state index contributed by atoms with van der Waals surface area (Å²) in [4.78, 5) is 12.7. The van der Waals surface area contributed by atoms with Gasteiger partial charge < -0.3 is 14.2 Å². The van der Waals surface area contributed by atoms with Crippen LogP contribution < -0.4 is 4.74 Å². The van der Waals surface area contributed by atoms with E-state index in [0.717, 1.165) is 43.4 Å². The number of terminal acetylenes is 1. The maximum atomic E-state index is 12.7. The van der Waals surface area contributed by atoms with Crippen LogP contribution in [0, 0.1) is 30.1 Å². The number of benzene rings is 1. The molecule has 0 heterocycles. The van der Waals surface area contributed by atoms with Crippen LogP contribution in [0.1, 0.15) is 81.5 Å². The molecule has 2 fully saturated rings. The molecule has 3 rings (SSSR count). The summed E-state index contributed by atoms with van der Waals surface area (Å²) in [6.45, 7) is 2.46. The third-order valence-corrected chi connectivity index (χ3v) is 7.08. The van der Waals surface area contributed by atoms with Gasteiger partial charge in [0.1, 0.15) is 5.75 Å². The first kappa shape index (κ1) is 22.7. The largest absolute Gasteiger partial charge is 0.468 e. The highest BCUT2D eigenvalue weighted by molar-refractivity contribution is 5.90. The van der Waals surface area contributed by atoms with Crippen LogP contribution in [-0.4, -0.2) is 25.5 Å². The highest BCUT2D eigenvalue weighted by Crippen LogP contribution is 2.44. The fraction of sp³-hybridized carbons (Fsp3) is 0.654. The normalized spacial score (nSPS) is 29.0. The molecule has 0 bridgehead atoms. The summed E-state index contributed by atoms with van der Waals surface area (Å²) < 4.78 is 16.1.